The van der Waals surface area contributed by atoms with Gasteiger partial charge in [0.1, 0.15) is 5.75 Å². The number of hydrogen-bond donors (Lipinski definition) is 2. The fraction of sp³-hybridized carbons (Fsp3) is 0.158. The number of rotatable bonds is 6. The third kappa shape index (κ3) is 4.05. The minimum atomic E-state index is -0.788. The summed E-state index contributed by atoms with van der Waals surface area (Å²) < 4.78 is 6.77. The van der Waals surface area contributed by atoms with E-state index in [9.17, 15) is 9.90 Å². The molecule has 0 fully saturated rings. The van der Waals surface area contributed by atoms with Crippen LogP contribution in [0.2, 0.25) is 0 Å². The molecule has 1 unspecified atom stereocenters. The SMILES string of the molecule is COc1ccc(C(O)CNC(=O)c2cccc(-n3cccn3)c2)cc1. The van der Waals surface area contributed by atoms with E-state index in [1.54, 1.807) is 60.5 Å². The van der Waals surface area contributed by atoms with Crippen LogP contribution >= 0.6 is 0 Å². The molecule has 0 aliphatic heterocycles. The van der Waals surface area contributed by atoms with Gasteiger partial charge in [0.25, 0.3) is 5.91 Å². The normalized spacial score (nSPS) is 11.8. The van der Waals surface area contributed by atoms with Crippen molar-refractivity contribution < 1.29 is 14.6 Å². The van der Waals surface area contributed by atoms with Crippen molar-refractivity contribution in [2.45, 2.75) is 6.10 Å². The van der Waals surface area contributed by atoms with Crippen molar-refractivity contribution in [2.24, 2.45) is 0 Å². The number of nitrogens with zero attached hydrogens (tertiary/aromatic N) is 2. The lowest BCUT2D eigenvalue weighted by Gasteiger charge is -2.13. The Morgan fingerprint density at radius 3 is 2.72 bits per heavy atom. The Hall–Kier alpha value is -3.12. The Morgan fingerprint density at radius 2 is 2.04 bits per heavy atom. The van der Waals surface area contributed by atoms with Crippen molar-refractivity contribution >= 4 is 5.91 Å². The molecule has 3 rings (SSSR count). The van der Waals surface area contributed by atoms with Crippen LogP contribution in [0.3, 0.4) is 0 Å². The number of hydrogen-bond acceptors (Lipinski definition) is 4. The van der Waals surface area contributed by atoms with E-state index in [2.05, 4.69) is 10.4 Å². The van der Waals surface area contributed by atoms with E-state index in [1.165, 1.54) is 0 Å². The van der Waals surface area contributed by atoms with Crippen LogP contribution in [-0.4, -0.2) is 34.4 Å². The second kappa shape index (κ2) is 7.63. The lowest BCUT2D eigenvalue weighted by Crippen LogP contribution is -2.28. The summed E-state index contributed by atoms with van der Waals surface area (Å²) in [6.07, 6.45) is 2.70. The molecule has 25 heavy (non-hydrogen) atoms. The molecule has 1 aromatic heterocycles. The summed E-state index contributed by atoms with van der Waals surface area (Å²) >= 11 is 0. The number of ether oxygens (including phenoxy) is 1. The molecule has 1 amide bonds. The molecule has 1 atom stereocenters. The van der Waals surface area contributed by atoms with E-state index < -0.39 is 6.10 Å². The molecule has 6 heteroatoms. The van der Waals surface area contributed by atoms with Gasteiger partial charge in [0.15, 0.2) is 0 Å². The van der Waals surface area contributed by atoms with Crippen molar-refractivity contribution in [3.63, 3.8) is 0 Å². The Balaban J connectivity index is 1.63. The molecule has 0 saturated heterocycles. The highest BCUT2D eigenvalue weighted by atomic mass is 16.5. The minimum absolute atomic E-state index is 0.122. The number of aromatic nitrogens is 2. The molecule has 6 nitrogen and oxygen atoms in total. The molecule has 2 aromatic carbocycles. The molecule has 128 valence electrons. The van der Waals surface area contributed by atoms with E-state index in [1.807, 2.05) is 18.3 Å². The van der Waals surface area contributed by atoms with Gasteiger partial charge >= 0.3 is 0 Å². The van der Waals surface area contributed by atoms with Gasteiger partial charge in [0.05, 0.1) is 18.9 Å². The van der Waals surface area contributed by atoms with Gasteiger partial charge in [0.2, 0.25) is 0 Å². The molecule has 0 radical (unpaired) electrons. The second-order valence-electron chi connectivity index (χ2n) is 5.50. The van der Waals surface area contributed by atoms with Crippen LogP contribution in [0.15, 0.2) is 67.0 Å². The molecule has 2 N–H and O–H groups in total. The van der Waals surface area contributed by atoms with E-state index in [0.717, 1.165) is 11.4 Å². The standard InChI is InChI=1S/C19H19N3O3/c1-25-17-8-6-14(7-9-17)18(23)13-20-19(24)15-4-2-5-16(12-15)22-11-3-10-21-22/h2-12,18,23H,13H2,1H3,(H,20,24). The molecule has 0 spiro atoms. The Kier molecular flexibility index (Phi) is 5.11. The fourth-order valence-electron chi connectivity index (χ4n) is 2.45. The monoisotopic (exact) mass is 337 g/mol. The number of carbonyl (C=O) groups excluding carboxylic acids is 1. The molecule has 3 aromatic rings. The molecule has 1 heterocycles. The van der Waals surface area contributed by atoms with Crippen LogP contribution in [0, 0.1) is 0 Å². The van der Waals surface area contributed by atoms with Crippen LogP contribution in [-0.2, 0) is 0 Å². The number of aliphatic hydroxyl groups is 1. The van der Waals surface area contributed by atoms with Gasteiger partial charge in [-0.3, -0.25) is 4.79 Å². The summed E-state index contributed by atoms with van der Waals surface area (Å²) in [7, 11) is 1.59. The third-order valence-corrected chi connectivity index (χ3v) is 3.83. The molecular formula is C19H19N3O3. The highest BCUT2D eigenvalue weighted by Crippen LogP contribution is 2.17. The highest BCUT2D eigenvalue weighted by Gasteiger charge is 2.12. The van der Waals surface area contributed by atoms with E-state index >= 15 is 0 Å². The maximum atomic E-state index is 12.3. The topological polar surface area (TPSA) is 76.4 Å². The first-order valence-electron chi connectivity index (χ1n) is 7.87. The summed E-state index contributed by atoms with van der Waals surface area (Å²) in [6.45, 7) is 0.122. The van der Waals surface area contributed by atoms with Crippen molar-refractivity contribution in [1.82, 2.24) is 15.1 Å². The van der Waals surface area contributed by atoms with Crippen molar-refractivity contribution in [3.8, 4) is 11.4 Å². The third-order valence-electron chi connectivity index (χ3n) is 3.83. The number of amides is 1. The van der Waals surface area contributed by atoms with Crippen molar-refractivity contribution in [3.05, 3.63) is 78.1 Å². The zero-order valence-electron chi connectivity index (χ0n) is 13.8. The lowest BCUT2D eigenvalue weighted by atomic mass is 10.1. The number of methoxy groups -OCH3 is 1. The quantitative estimate of drug-likeness (QED) is 0.724. The minimum Gasteiger partial charge on any atom is -0.497 e. The van der Waals surface area contributed by atoms with Crippen LogP contribution < -0.4 is 10.1 Å². The Bertz CT molecular complexity index is 829. The summed E-state index contributed by atoms with van der Waals surface area (Å²) in [5, 5.41) is 17.1. The van der Waals surface area contributed by atoms with Crippen LogP contribution in [0.5, 0.6) is 5.75 Å². The predicted molar refractivity (Wildman–Crippen MR) is 93.9 cm³/mol. The van der Waals surface area contributed by atoms with Gasteiger partial charge in [-0.15, -0.1) is 0 Å². The average molecular weight is 337 g/mol. The summed E-state index contributed by atoms with van der Waals surface area (Å²) in [6, 6.07) is 16.0. The van der Waals surface area contributed by atoms with Gasteiger partial charge in [0, 0.05) is 24.5 Å². The predicted octanol–water partition coefficient (Wildman–Crippen LogP) is 2.34. The first kappa shape index (κ1) is 16.7. The molecule has 0 bridgehead atoms. The molecule has 0 saturated carbocycles. The Morgan fingerprint density at radius 1 is 1.24 bits per heavy atom. The Labute approximate surface area is 145 Å². The van der Waals surface area contributed by atoms with Gasteiger partial charge < -0.3 is 15.2 Å². The summed E-state index contributed by atoms with van der Waals surface area (Å²) in [5.41, 5.74) is 2.02. The molecule has 0 aliphatic rings. The molecule has 0 aliphatic carbocycles. The van der Waals surface area contributed by atoms with Gasteiger partial charge in [-0.2, -0.15) is 5.10 Å². The van der Waals surface area contributed by atoms with Crippen molar-refractivity contribution in [1.29, 1.82) is 0 Å². The first-order chi connectivity index (χ1) is 12.2. The van der Waals surface area contributed by atoms with Gasteiger partial charge in [-0.05, 0) is 42.0 Å². The van der Waals surface area contributed by atoms with E-state index in [4.69, 9.17) is 4.74 Å². The highest BCUT2D eigenvalue weighted by molar-refractivity contribution is 5.94. The van der Waals surface area contributed by atoms with Crippen LogP contribution in [0.4, 0.5) is 0 Å². The summed E-state index contributed by atoms with van der Waals surface area (Å²) in [5.74, 6) is 0.469. The van der Waals surface area contributed by atoms with E-state index in [-0.39, 0.29) is 12.5 Å². The zero-order chi connectivity index (χ0) is 17.6. The summed E-state index contributed by atoms with van der Waals surface area (Å²) in [4.78, 5) is 12.3. The first-order valence-corrected chi connectivity index (χ1v) is 7.87. The number of nitrogens with one attached hydrogen (secondary N) is 1. The van der Waals surface area contributed by atoms with Crippen LogP contribution in [0.1, 0.15) is 22.0 Å². The fourth-order valence-corrected chi connectivity index (χ4v) is 2.45. The van der Waals surface area contributed by atoms with Gasteiger partial charge in [-0.1, -0.05) is 18.2 Å². The van der Waals surface area contributed by atoms with E-state index in [0.29, 0.717) is 11.1 Å². The molecular weight excluding hydrogens is 318 g/mol. The largest absolute Gasteiger partial charge is 0.497 e. The lowest BCUT2D eigenvalue weighted by molar-refractivity contribution is 0.0916. The maximum absolute atomic E-state index is 12.3. The number of benzene rings is 2. The number of aliphatic hydroxyl groups excluding tert-OH is 1. The maximum Gasteiger partial charge on any atom is 0.251 e. The second-order valence-corrected chi connectivity index (χ2v) is 5.50. The van der Waals surface area contributed by atoms with Gasteiger partial charge in [-0.25, -0.2) is 4.68 Å². The smallest absolute Gasteiger partial charge is 0.251 e. The number of carbonyl (C=O) groups is 1. The zero-order valence-corrected chi connectivity index (χ0v) is 13.8. The average Bonchev–Trinajstić information content (AvgIpc) is 3.21. The van der Waals surface area contributed by atoms with Crippen LogP contribution in [0.25, 0.3) is 5.69 Å². The van der Waals surface area contributed by atoms with Crippen molar-refractivity contribution in [2.75, 3.05) is 13.7 Å².